The smallest absolute Gasteiger partial charge is 0.253 e. The van der Waals surface area contributed by atoms with Gasteiger partial charge >= 0.3 is 0 Å². The van der Waals surface area contributed by atoms with Gasteiger partial charge in [-0.05, 0) is 62.9 Å². The second-order valence-electron chi connectivity index (χ2n) is 9.15. The first-order valence-corrected chi connectivity index (χ1v) is 12.9. The molecule has 33 heavy (non-hydrogen) atoms. The van der Waals surface area contributed by atoms with Gasteiger partial charge < -0.3 is 14.5 Å². The number of thiophene rings is 1. The molecule has 1 aliphatic carbocycles. The quantitative estimate of drug-likeness (QED) is 0.443. The zero-order chi connectivity index (χ0) is 22.9. The number of fused-ring (bicyclic) bond motifs is 1. The Bertz CT molecular complexity index is 1150. The number of carbonyl (C=O) groups is 1. The summed E-state index contributed by atoms with van der Waals surface area (Å²) in [4.78, 5) is 29.7. The molecular weight excluding hydrogens is 432 g/mol. The highest BCUT2D eigenvalue weighted by Crippen LogP contribution is 2.42. The van der Waals surface area contributed by atoms with Crippen molar-refractivity contribution in [1.82, 2.24) is 14.9 Å². The molecule has 0 N–H and O–H groups in total. The first kappa shape index (κ1) is 22.1. The van der Waals surface area contributed by atoms with Crippen LogP contribution in [0, 0.1) is 13.8 Å². The largest absolute Gasteiger partial charge is 0.494 e. The number of benzene rings is 1. The average molecular weight is 465 g/mol. The SMILES string of the molecule is CCCCOc1ccc(C(=O)N2CCN(c3nc(C4CC4)nc4sc(C)c(C)c34)CC2)cc1. The molecule has 2 aliphatic rings. The lowest BCUT2D eigenvalue weighted by molar-refractivity contribution is 0.0746. The third-order valence-electron chi connectivity index (χ3n) is 6.70. The molecular formula is C26H32N4O2S. The second kappa shape index (κ2) is 9.29. The van der Waals surface area contributed by atoms with Gasteiger partial charge in [-0.3, -0.25) is 4.79 Å². The Morgan fingerprint density at radius 2 is 1.82 bits per heavy atom. The first-order valence-electron chi connectivity index (χ1n) is 12.1. The van der Waals surface area contributed by atoms with Crippen LogP contribution in [0.5, 0.6) is 5.75 Å². The molecule has 174 valence electrons. The van der Waals surface area contributed by atoms with Gasteiger partial charge in [0.05, 0.1) is 12.0 Å². The van der Waals surface area contributed by atoms with Crippen molar-refractivity contribution in [2.75, 3.05) is 37.7 Å². The van der Waals surface area contributed by atoms with E-state index in [0.717, 1.165) is 53.7 Å². The van der Waals surface area contributed by atoms with Crippen molar-refractivity contribution >= 4 is 33.3 Å². The van der Waals surface area contributed by atoms with Crippen LogP contribution in [0.2, 0.25) is 0 Å². The topological polar surface area (TPSA) is 58.6 Å². The molecule has 0 radical (unpaired) electrons. The van der Waals surface area contributed by atoms with E-state index in [4.69, 9.17) is 14.7 Å². The molecule has 5 rings (SSSR count). The lowest BCUT2D eigenvalue weighted by atomic mass is 10.1. The fourth-order valence-electron chi connectivity index (χ4n) is 4.33. The highest BCUT2D eigenvalue weighted by molar-refractivity contribution is 7.18. The van der Waals surface area contributed by atoms with Gasteiger partial charge in [-0.2, -0.15) is 0 Å². The van der Waals surface area contributed by atoms with Crippen molar-refractivity contribution in [1.29, 1.82) is 0 Å². The van der Waals surface area contributed by atoms with E-state index >= 15 is 0 Å². The number of carbonyl (C=O) groups excluding carboxylic acids is 1. The Hall–Kier alpha value is -2.67. The molecule has 1 saturated heterocycles. The second-order valence-corrected chi connectivity index (χ2v) is 10.4. The van der Waals surface area contributed by atoms with Crippen LogP contribution < -0.4 is 9.64 Å². The minimum atomic E-state index is 0.0869. The van der Waals surface area contributed by atoms with E-state index in [9.17, 15) is 4.79 Å². The van der Waals surface area contributed by atoms with Crippen molar-refractivity contribution in [3.63, 3.8) is 0 Å². The van der Waals surface area contributed by atoms with Gasteiger partial charge in [-0.25, -0.2) is 9.97 Å². The van der Waals surface area contributed by atoms with Crippen LogP contribution in [0.1, 0.15) is 65.1 Å². The maximum Gasteiger partial charge on any atom is 0.253 e. The van der Waals surface area contributed by atoms with Gasteiger partial charge in [0, 0.05) is 42.5 Å². The van der Waals surface area contributed by atoms with Gasteiger partial charge in [0.25, 0.3) is 5.91 Å². The number of amides is 1. The summed E-state index contributed by atoms with van der Waals surface area (Å²) in [5.74, 6) is 3.49. The van der Waals surface area contributed by atoms with Crippen molar-refractivity contribution in [2.24, 2.45) is 0 Å². The Balaban J connectivity index is 1.28. The highest BCUT2D eigenvalue weighted by Gasteiger charge is 2.31. The number of hydrogen-bond acceptors (Lipinski definition) is 6. The number of piperazine rings is 1. The summed E-state index contributed by atoms with van der Waals surface area (Å²) in [5, 5.41) is 1.19. The molecule has 0 spiro atoms. The third kappa shape index (κ3) is 4.56. The number of ether oxygens (including phenoxy) is 1. The van der Waals surface area contributed by atoms with Gasteiger partial charge in [-0.1, -0.05) is 13.3 Å². The van der Waals surface area contributed by atoms with Crippen molar-refractivity contribution in [2.45, 2.75) is 52.4 Å². The molecule has 2 fully saturated rings. The van der Waals surface area contributed by atoms with Crippen LogP contribution in [-0.4, -0.2) is 53.6 Å². The molecule has 1 aliphatic heterocycles. The van der Waals surface area contributed by atoms with Crippen LogP contribution in [0.3, 0.4) is 0 Å². The number of aryl methyl sites for hydroxylation is 2. The van der Waals surface area contributed by atoms with Crippen molar-refractivity contribution < 1.29 is 9.53 Å². The number of hydrogen-bond donors (Lipinski definition) is 0. The molecule has 3 aromatic rings. The minimum absolute atomic E-state index is 0.0869. The van der Waals surface area contributed by atoms with E-state index in [-0.39, 0.29) is 5.91 Å². The van der Waals surface area contributed by atoms with E-state index in [1.807, 2.05) is 29.2 Å². The molecule has 6 nitrogen and oxygen atoms in total. The standard InChI is InChI=1S/C26H32N4O2S/c1-4-5-16-32-21-10-8-20(9-11-21)26(31)30-14-12-29(13-15-30)24-22-17(2)18(3)33-25(22)28-23(27-24)19-6-7-19/h8-11,19H,4-7,12-16H2,1-3H3. The highest BCUT2D eigenvalue weighted by atomic mass is 32.1. The van der Waals surface area contributed by atoms with Gasteiger partial charge in [-0.15, -0.1) is 11.3 Å². The number of aromatic nitrogens is 2. The summed E-state index contributed by atoms with van der Waals surface area (Å²) in [5.41, 5.74) is 2.00. The van der Waals surface area contributed by atoms with E-state index in [0.29, 0.717) is 25.6 Å². The Morgan fingerprint density at radius 1 is 1.09 bits per heavy atom. The van der Waals surface area contributed by atoms with Gasteiger partial charge in [0.2, 0.25) is 0 Å². The Morgan fingerprint density at radius 3 is 2.48 bits per heavy atom. The molecule has 7 heteroatoms. The van der Waals surface area contributed by atoms with Crippen LogP contribution >= 0.6 is 11.3 Å². The van der Waals surface area contributed by atoms with Crippen LogP contribution in [0.15, 0.2) is 24.3 Å². The number of anilines is 1. The summed E-state index contributed by atoms with van der Waals surface area (Å²) in [6.07, 6.45) is 4.53. The predicted octanol–water partition coefficient (Wildman–Crippen LogP) is 5.33. The zero-order valence-corrected chi connectivity index (χ0v) is 20.6. The Kier molecular flexibility index (Phi) is 6.23. The molecule has 0 bridgehead atoms. The molecule has 0 unspecified atom stereocenters. The number of nitrogens with zero attached hydrogens (tertiary/aromatic N) is 4. The molecule has 2 aromatic heterocycles. The fourth-order valence-corrected chi connectivity index (χ4v) is 5.36. The summed E-state index contributed by atoms with van der Waals surface area (Å²) >= 11 is 1.77. The molecule has 0 atom stereocenters. The van der Waals surface area contributed by atoms with Gasteiger partial charge in [0.1, 0.15) is 22.2 Å². The lowest BCUT2D eigenvalue weighted by Crippen LogP contribution is -2.49. The Labute approximate surface area is 199 Å². The zero-order valence-electron chi connectivity index (χ0n) is 19.8. The van der Waals surface area contributed by atoms with Crippen LogP contribution in [0.25, 0.3) is 10.2 Å². The summed E-state index contributed by atoms with van der Waals surface area (Å²) in [7, 11) is 0. The van der Waals surface area contributed by atoms with Crippen LogP contribution in [-0.2, 0) is 0 Å². The normalized spacial score (nSPS) is 16.5. The van der Waals surface area contributed by atoms with Gasteiger partial charge in [0.15, 0.2) is 0 Å². The maximum absolute atomic E-state index is 13.1. The predicted molar refractivity (Wildman–Crippen MR) is 134 cm³/mol. The van der Waals surface area contributed by atoms with E-state index in [2.05, 4.69) is 25.7 Å². The lowest BCUT2D eigenvalue weighted by Gasteiger charge is -2.36. The van der Waals surface area contributed by atoms with E-state index in [1.165, 1.54) is 28.7 Å². The monoisotopic (exact) mass is 464 g/mol. The average Bonchev–Trinajstić information content (AvgIpc) is 3.65. The number of rotatable bonds is 7. The minimum Gasteiger partial charge on any atom is -0.494 e. The molecule has 1 saturated carbocycles. The summed E-state index contributed by atoms with van der Waals surface area (Å²) < 4.78 is 5.72. The first-order chi connectivity index (χ1) is 16.0. The summed E-state index contributed by atoms with van der Waals surface area (Å²) in [6.45, 7) is 10.2. The van der Waals surface area contributed by atoms with Crippen molar-refractivity contribution in [3.8, 4) is 5.75 Å². The summed E-state index contributed by atoms with van der Waals surface area (Å²) in [6, 6.07) is 7.56. The van der Waals surface area contributed by atoms with E-state index in [1.54, 1.807) is 11.3 Å². The van der Waals surface area contributed by atoms with E-state index < -0.39 is 0 Å². The van der Waals surface area contributed by atoms with Crippen LogP contribution in [0.4, 0.5) is 5.82 Å². The number of unbranched alkanes of at least 4 members (excludes halogenated alkanes) is 1. The molecule has 1 amide bonds. The molecule has 3 heterocycles. The van der Waals surface area contributed by atoms with Crippen molar-refractivity contribution in [3.05, 3.63) is 46.1 Å². The molecule has 1 aromatic carbocycles. The maximum atomic E-state index is 13.1. The third-order valence-corrected chi connectivity index (χ3v) is 7.80. The fraction of sp³-hybridized carbons (Fsp3) is 0.500.